The van der Waals surface area contributed by atoms with Gasteiger partial charge in [-0.3, -0.25) is 4.79 Å². The van der Waals surface area contributed by atoms with Crippen molar-refractivity contribution in [2.24, 2.45) is 0 Å². The van der Waals surface area contributed by atoms with Gasteiger partial charge in [-0.25, -0.2) is 23.1 Å². The minimum Gasteiger partial charge on any atom is -0.325 e. The van der Waals surface area contributed by atoms with Crippen LogP contribution < -0.4 is 10.0 Å². The maximum absolute atomic E-state index is 12.4. The Kier molecular flexibility index (Phi) is 6.27. The lowest BCUT2D eigenvalue weighted by atomic mass is 10.3. The molecule has 0 bridgehead atoms. The van der Waals surface area contributed by atoms with Gasteiger partial charge in [0.15, 0.2) is 0 Å². The van der Waals surface area contributed by atoms with Crippen molar-refractivity contribution >= 4 is 39.3 Å². The molecule has 1 amide bonds. The number of carbonyl (C=O) groups is 1. The molecule has 7 nitrogen and oxygen atoms in total. The summed E-state index contributed by atoms with van der Waals surface area (Å²) in [5.41, 5.74) is 0.514. The number of amides is 1. The first-order valence-electron chi connectivity index (χ1n) is 8.36. The van der Waals surface area contributed by atoms with E-state index < -0.39 is 10.0 Å². The summed E-state index contributed by atoms with van der Waals surface area (Å²) in [6, 6.07) is 17.1. The Bertz CT molecular complexity index is 1030. The van der Waals surface area contributed by atoms with Crippen LogP contribution in [0.2, 0.25) is 0 Å². The zero-order chi connectivity index (χ0) is 20.0. The molecule has 28 heavy (non-hydrogen) atoms. The highest BCUT2D eigenvalue weighted by Crippen LogP contribution is 2.24. The molecule has 2 N–H and O–H groups in total. The molecule has 0 fully saturated rings. The molecular formula is C19H18N4O3S2. The van der Waals surface area contributed by atoms with Gasteiger partial charge in [0.1, 0.15) is 0 Å². The molecule has 3 aromatic rings. The maximum Gasteiger partial charge on any atom is 0.264 e. The second-order valence-electron chi connectivity index (χ2n) is 5.76. The first kappa shape index (κ1) is 19.8. The summed E-state index contributed by atoms with van der Waals surface area (Å²) in [7, 11) is -3.81. The van der Waals surface area contributed by atoms with Crippen molar-refractivity contribution in [2.45, 2.75) is 22.0 Å². The molecule has 2 aromatic carbocycles. The monoisotopic (exact) mass is 414 g/mol. The summed E-state index contributed by atoms with van der Waals surface area (Å²) in [5.74, 6) is -0.174. The fourth-order valence-corrected chi connectivity index (χ4v) is 4.10. The molecule has 0 saturated heterocycles. The Morgan fingerprint density at radius 3 is 2.25 bits per heavy atom. The van der Waals surface area contributed by atoms with Gasteiger partial charge in [0.05, 0.1) is 10.1 Å². The molecule has 3 rings (SSSR count). The lowest BCUT2D eigenvalue weighted by molar-refractivity contribution is -0.115. The molecule has 9 heteroatoms. The normalized spacial score (nSPS) is 12.2. The number of anilines is 2. The van der Waals surface area contributed by atoms with E-state index in [0.29, 0.717) is 5.69 Å². The van der Waals surface area contributed by atoms with Crippen molar-refractivity contribution in [3.8, 4) is 0 Å². The zero-order valence-electron chi connectivity index (χ0n) is 14.9. The van der Waals surface area contributed by atoms with Crippen LogP contribution in [0.5, 0.6) is 0 Å². The number of hydrogen-bond acceptors (Lipinski definition) is 6. The summed E-state index contributed by atoms with van der Waals surface area (Å²) >= 11 is 1.45. The van der Waals surface area contributed by atoms with E-state index in [1.807, 2.05) is 37.3 Å². The average Bonchev–Trinajstić information content (AvgIpc) is 2.69. The number of carbonyl (C=O) groups excluding carboxylic acids is 1. The molecule has 0 radical (unpaired) electrons. The second-order valence-corrected chi connectivity index (χ2v) is 8.86. The van der Waals surface area contributed by atoms with Crippen LogP contribution in [-0.4, -0.2) is 29.5 Å². The van der Waals surface area contributed by atoms with Gasteiger partial charge < -0.3 is 5.32 Å². The van der Waals surface area contributed by atoms with Gasteiger partial charge >= 0.3 is 0 Å². The summed E-state index contributed by atoms with van der Waals surface area (Å²) < 4.78 is 27.0. The van der Waals surface area contributed by atoms with Crippen LogP contribution in [-0.2, 0) is 14.8 Å². The second kappa shape index (κ2) is 8.85. The summed E-state index contributed by atoms with van der Waals surface area (Å²) in [5, 5.41) is 2.49. The van der Waals surface area contributed by atoms with Crippen molar-refractivity contribution in [2.75, 3.05) is 10.0 Å². The molecule has 1 atom stereocenters. The predicted octanol–water partition coefficient (Wildman–Crippen LogP) is 3.40. The van der Waals surface area contributed by atoms with Crippen LogP contribution in [0, 0.1) is 0 Å². The zero-order valence-corrected chi connectivity index (χ0v) is 16.6. The predicted molar refractivity (Wildman–Crippen MR) is 110 cm³/mol. The maximum atomic E-state index is 12.4. The Balaban J connectivity index is 1.63. The molecule has 0 spiro atoms. The van der Waals surface area contributed by atoms with Crippen LogP contribution in [0.3, 0.4) is 0 Å². The molecule has 1 heterocycles. The highest BCUT2D eigenvalue weighted by atomic mass is 32.2. The summed E-state index contributed by atoms with van der Waals surface area (Å²) in [4.78, 5) is 21.1. The molecule has 1 unspecified atom stereocenters. The molecule has 0 saturated carbocycles. The van der Waals surface area contributed by atoms with Crippen molar-refractivity contribution in [1.29, 1.82) is 0 Å². The van der Waals surface area contributed by atoms with Gasteiger partial charge in [-0.2, -0.15) is 0 Å². The van der Waals surface area contributed by atoms with Gasteiger partial charge in [-0.05, 0) is 49.4 Å². The first-order chi connectivity index (χ1) is 13.4. The SMILES string of the molecule is CC(Sc1ccccc1)C(=O)Nc1ccc(S(=O)(=O)Nc2ncccn2)cc1. The van der Waals surface area contributed by atoms with E-state index in [1.165, 1.54) is 48.4 Å². The number of nitrogens with zero attached hydrogens (tertiary/aromatic N) is 2. The van der Waals surface area contributed by atoms with Crippen LogP contribution in [0.25, 0.3) is 0 Å². The highest BCUT2D eigenvalue weighted by Gasteiger charge is 2.17. The number of aromatic nitrogens is 2. The highest BCUT2D eigenvalue weighted by molar-refractivity contribution is 8.00. The van der Waals surface area contributed by atoms with Crippen molar-refractivity contribution in [3.63, 3.8) is 0 Å². The third-order valence-electron chi connectivity index (χ3n) is 3.65. The van der Waals surface area contributed by atoms with Crippen LogP contribution >= 0.6 is 11.8 Å². The average molecular weight is 415 g/mol. The minimum atomic E-state index is -3.81. The molecular weight excluding hydrogens is 396 g/mol. The third kappa shape index (κ3) is 5.30. The Morgan fingerprint density at radius 2 is 1.61 bits per heavy atom. The number of nitrogens with one attached hydrogen (secondary N) is 2. The fraction of sp³-hybridized carbons (Fsp3) is 0.105. The molecule has 1 aromatic heterocycles. The lowest BCUT2D eigenvalue weighted by Gasteiger charge is -2.12. The van der Waals surface area contributed by atoms with Crippen LogP contribution in [0.15, 0.2) is 82.8 Å². The number of thioether (sulfide) groups is 1. The van der Waals surface area contributed by atoms with Gasteiger partial charge in [0, 0.05) is 23.0 Å². The molecule has 0 aliphatic heterocycles. The van der Waals surface area contributed by atoms with Crippen molar-refractivity contribution in [1.82, 2.24) is 9.97 Å². The Hall–Kier alpha value is -2.91. The fourth-order valence-electron chi connectivity index (χ4n) is 2.25. The third-order valence-corrected chi connectivity index (χ3v) is 6.10. The van der Waals surface area contributed by atoms with E-state index in [1.54, 1.807) is 6.07 Å². The lowest BCUT2D eigenvalue weighted by Crippen LogP contribution is -2.22. The van der Waals surface area contributed by atoms with E-state index >= 15 is 0 Å². The number of hydrogen-bond donors (Lipinski definition) is 2. The largest absolute Gasteiger partial charge is 0.325 e. The number of sulfonamides is 1. The topological polar surface area (TPSA) is 101 Å². The molecule has 144 valence electrons. The van der Waals surface area contributed by atoms with E-state index in [-0.39, 0.29) is 22.0 Å². The molecule has 0 aliphatic carbocycles. The summed E-state index contributed by atoms with van der Waals surface area (Å²) in [6.07, 6.45) is 2.89. The first-order valence-corrected chi connectivity index (χ1v) is 10.7. The van der Waals surface area contributed by atoms with Gasteiger partial charge in [0.2, 0.25) is 11.9 Å². The minimum absolute atomic E-state index is 0.00774. The van der Waals surface area contributed by atoms with E-state index in [2.05, 4.69) is 20.0 Å². The van der Waals surface area contributed by atoms with Gasteiger partial charge in [-0.1, -0.05) is 18.2 Å². The smallest absolute Gasteiger partial charge is 0.264 e. The Morgan fingerprint density at radius 1 is 0.964 bits per heavy atom. The standard InChI is InChI=1S/C19H18N4O3S2/c1-14(27-16-6-3-2-4-7-16)18(24)22-15-8-10-17(11-9-15)28(25,26)23-19-20-12-5-13-21-19/h2-14H,1H3,(H,22,24)(H,20,21,23). The summed E-state index contributed by atoms with van der Waals surface area (Å²) in [6.45, 7) is 1.82. The van der Waals surface area contributed by atoms with Crippen LogP contribution in [0.4, 0.5) is 11.6 Å². The number of benzene rings is 2. The van der Waals surface area contributed by atoms with Crippen molar-refractivity contribution in [3.05, 3.63) is 73.1 Å². The van der Waals surface area contributed by atoms with Gasteiger partial charge in [0.25, 0.3) is 10.0 Å². The quantitative estimate of drug-likeness (QED) is 0.575. The van der Waals surface area contributed by atoms with Gasteiger partial charge in [-0.15, -0.1) is 11.8 Å². The number of rotatable bonds is 7. The van der Waals surface area contributed by atoms with E-state index in [4.69, 9.17) is 0 Å². The van der Waals surface area contributed by atoms with Crippen LogP contribution in [0.1, 0.15) is 6.92 Å². The molecule has 0 aliphatic rings. The van der Waals surface area contributed by atoms with E-state index in [0.717, 1.165) is 4.90 Å². The van der Waals surface area contributed by atoms with E-state index in [9.17, 15) is 13.2 Å². The Labute approximate surface area is 167 Å². The van der Waals surface area contributed by atoms with Crippen molar-refractivity contribution < 1.29 is 13.2 Å².